The third-order valence-electron chi connectivity index (χ3n) is 4.45. The van der Waals surface area contributed by atoms with Crippen LogP contribution in [0.2, 0.25) is 0 Å². The highest BCUT2D eigenvalue weighted by Crippen LogP contribution is 2.26. The molecule has 2 heterocycles. The molecule has 3 rings (SSSR count). The third-order valence-corrected chi connectivity index (χ3v) is 4.45. The minimum atomic E-state index is 0.303. The van der Waals surface area contributed by atoms with Crippen LogP contribution in [0, 0.1) is 6.92 Å². The molecule has 0 radical (unpaired) electrons. The number of rotatable bonds is 5. The zero-order valence-electron chi connectivity index (χ0n) is 12.9. The van der Waals surface area contributed by atoms with E-state index in [1.807, 2.05) is 7.05 Å². The van der Waals surface area contributed by atoms with Crippen molar-refractivity contribution in [1.82, 2.24) is 10.3 Å². The van der Waals surface area contributed by atoms with Gasteiger partial charge in [0.25, 0.3) is 0 Å². The van der Waals surface area contributed by atoms with Crippen molar-refractivity contribution in [2.45, 2.75) is 44.8 Å². The van der Waals surface area contributed by atoms with Crippen molar-refractivity contribution in [1.29, 1.82) is 0 Å². The van der Waals surface area contributed by atoms with Gasteiger partial charge in [-0.1, -0.05) is 18.2 Å². The van der Waals surface area contributed by atoms with Crippen LogP contribution >= 0.6 is 0 Å². The normalized spacial score (nSPS) is 20.0. The molecule has 0 spiro atoms. The van der Waals surface area contributed by atoms with E-state index in [4.69, 9.17) is 9.72 Å². The average molecular weight is 284 g/mol. The number of aromatic nitrogens is 1. The fourth-order valence-electron chi connectivity index (χ4n) is 3.22. The minimum Gasteiger partial charge on any atom is -0.378 e. The van der Waals surface area contributed by atoms with E-state index >= 15 is 0 Å². The Morgan fingerprint density at radius 3 is 3.00 bits per heavy atom. The number of fused-ring (bicyclic) bond motifs is 1. The summed E-state index contributed by atoms with van der Waals surface area (Å²) in [6.07, 6.45) is 5.05. The van der Waals surface area contributed by atoms with E-state index in [0.29, 0.717) is 12.1 Å². The number of nitrogens with zero attached hydrogens (tertiary/aromatic N) is 1. The van der Waals surface area contributed by atoms with Gasteiger partial charge < -0.3 is 10.1 Å². The summed E-state index contributed by atoms with van der Waals surface area (Å²) in [5, 5.41) is 4.66. The number of aryl methyl sites for hydroxylation is 1. The molecule has 1 fully saturated rings. The molecule has 0 bridgehead atoms. The lowest BCUT2D eigenvalue weighted by Crippen LogP contribution is -2.20. The first kappa shape index (κ1) is 14.5. The van der Waals surface area contributed by atoms with Crippen molar-refractivity contribution in [3.8, 4) is 0 Å². The molecule has 3 nitrogen and oxygen atoms in total. The average Bonchev–Trinajstić information content (AvgIpc) is 3.01. The molecular weight excluding hydrogens is 260 g/mol. The topological polar surface area (TPSA) is 34.1 Å². The first-order chi connectivity index (χ1) is 10.3. The predicted octanol–water partition coefficient (Wildman–Crippen LogP) is 3.76. The monoisotopic (exact) mass is 284 g/mol. The molecule has 2 aromatic rings. The Balaban J connectivity index is 1.79. The van der Waals surface area contributed by atoms with Crippen LogP contribution in [0.5, 0.6) is 0 Å². The second-order valence-corrected chi connectivity index (χ2v) is 5.93. The van der Waals surface area contributed by atoms with E-state index in [1.165, 1.54) is 23.8 Å². The second-order valence-electron chi connectivity index (χ2n) is 5.93. The zero-order valence-corrected chi connectivity index (χ0v) is 12.9. The van der Waals surface area contributed by atoms with Gasteiger partial charge in [0.2, 0.25) is 0 Å². The molecule has 1 N–H and O–H groups in total. The molecule has 1 aromatic carbocycles. The molecule has 1 aliphatic heterocycles. The van der Waals surface area contributed by atoms with Gasteiger partial charge in [-0.3, -0.25) is 4.98 Å². The summed E-state index contributed by atoms with van der Waals surface area (Å²) in [4.78, 5) is 4.85. The molecule has 112 valence electrons. The standard InChI is InChI=1S/C18H24N2O/c1-13-12-18(20-16-8-4-3-7-15(13)16)17(19-2)10-9-14-6-5-11-21-14/h3-4,7-8,12,14,17,19H,5-6,9-11H2,1-2H3. The van der Waals surface area contributed by atoms with E-state index in [1.54, 1.807) is 0 Å². The Morgan fingerprint density at radius 2 is 2.24 bits per heavy atom. The summed E-state index contributed by atoms with van der Waals surface area (Å²) in [5.41, 5.74) is 3.53. The molecule has 2 atom stereocenters. The molecule has 0 aliphatic carbocycles. The van der Waals surface area contributed by atoms with Crippen LogP contribution in [0.3, 0.4) is 0 Å². The van der Waals surface area contributed by atoms with Gasteiger partial charge in [-0.2, -0.15) is 0 Å². The summed E-state index contributed by atoms with van der Waals surface area (Å²) < 4.78 is 5.73. The molecule has 0 amide bonds. The lowest BCUT2D eigenvalue weighted by molar-refractivity contribution is 0.0997. The van der Waals surface area contributed by atoms with Crippen molar-refractivity contribution < 1.29 is 4.74 Å². The summed E-state index contributed by atoms with van der Waals surface area (Å²) in [7, 11) is 2.02. The predicted molar refractivity (Wildman–Crippen MR) is 86.5 cm³/mol. The minimum absolute atomic E-state index is 0.303. The van der Waals surface area contributed by atoms with Crippen molar-refractivity contribution >= 4 is 10.9 Å². The molecule has 21 heavy (non-hydrogen) atoms. The van der Waals surface area contributed by atoms with Gasteiger partial charge >= 0.3 is 0 Å². The van der Waals surface area contributed by atoms with Gasteiger partial charge in [0, 0.05) is 18.0 Å². The highest BCUT2D eigenvalue weighted by Gasteiger charge is 2.19. The maximum Gasteiger partial charge on any atom is 0.0708 e. The Morgan fingerprint density at radius 1 is 1.38 bits per heavy atom. The van der Waals surface area contributed by atoms with Crippen molar-refractivity contribution in [3.05, 3.63) is 41.6 Å². The van der Waals surface area contributed by atoms with Crippen molar-refractivity contribution in [2.24, 2.45) is 0 Å². The maximum atomic E-state index is 5.73. The zero-order chi connectivity index (χ0) is 14.7. The number of benzene rings is 1. The van der Waals surface area contributed by atoms with Crippen LogP contribution in [0.4, 0.5) is 0 Å². The SMILES string of the molecule is CNC(CCC1CCCO1)c1cc(C)c2ccccc2n1. The summed E-state index contributed by atoms with van der Waals surface area (Å²) in [6, 6.07) is 10.9. The summed E-state index contributed by atoms with van der Waals surface area (Å²) in [5.74, 6) is 0. The Labute approximate surface area is 126 Å². The van der Waals surface area contributed by atoms with Gasteiger partial charge in [-0.25, -0.2) is 0 Å². The second kappa shape index (κ2) is 6.54. The van der Waals surface area contributed by atoms with Gasteiger partial charge in [-0.05, 0) is 57.4 Å². The Bertz CT molecular complexity index is 605. The number of pyridine rings is 1. The number of ether oxygens (including phenoxy) is 1. The fourth-order valence-corrected chi connectivity index (χ4v) is 3.22. The van der Waals surface area contributed by atoms with E-state index in [0.717, 1.165) is 30.7 Å². The molecule has 2 unspecified atom stereocenters. The van der Waals surface area contributed by atoms with E-state index in [-0.39, 0.29) is 0 Å². The molecule has 1 saturated heterocycles. The highest BCUT2D eigenvalue weighted by atomic mass is 16.5. The van der Waals surface area contributed by atoms with E-state index < -0.39 is 0 Å². The number of hydrogen-bond donors (Lipinski definition) is 1. The van der Waals surface area contributed by atoms with E-state index in [2.05, 4.69) is 42.6 Å². The lowest BCUT2D eigenvalue weighted by Gasteiger charge is -2.19. The van der Waals surface area contributed by atoms with Crippen LogP contribution < -0.4 is 5.32 Å². The summed E-state index contributed by atoms with van der Waals surface area (Å²) in [6.45, 7) is 3.10. The third kappa shape index (κ3) is 3.25. The van der Waals surface area contributed by atoms with Gasteiger partial charge in [0.15, 0.2) is 0 Å². The molecule has 1 aliphatic rings. The van der Waals surface area contributed by atoms with Crippen molar-refractivity contribution in [3.63, 3.8) is 0 Å². The molecule has 3 heteroatoms. The van der Waals surface area contributed by atoms with Crippen molar-refractivity contribution in [2.75, 3.05) is 13.7 Å². The number of para-hydroxylation sites is 1. The first-order valence-electron chi connectivity index (χ1n) is 7.93. The van der Waals surface area contributed by atoms with Gasteiger partial charge in [-0.15, -0.1) is 0 Å². The molecule has 1 aromatic heterocycles. The number of hydrogen-bond acceptors (Lipinski definition) is 3. The maximum absolute atomic E-state index is 5.73. The first-order valence-corrected chi connectivity index (χ1v) is 7.93. The quantitative estimate of drug-likeness (QED) is 0.907. The van der Waals surface area contributed by atoms with Crippen LogP contribution in [-0.2, 0) is 4.74 Å². The van der Waals surface area contributed by atoms with Crippen LogP contribution in [-0.4, -0.2) is 24.7 Å². The lowest BCUT2D eigenvalue weighted by atomic mass is 10.0. The van der Waals surface area contributed by atoms with Gasteiger partial charge in [0.05, 0.1) is 17.3 Å². The Kier molecular flexibility index (Phi) is 4.51. The number of nitrogens with one attached hydrogen (secondary N) is 1. The van der Waals surface area contributed by atoms with Crippen LogP contribution in [0.25, 0.3) is 10.9 Å². The van der Waals surface area contributed by atoms with Crippen LogP contribution in [0.1, 0.15) is 43.0 Å². The summed E-state index contributed by atoms with van der Waals surface area (Å²) >= 11 is 0. The fraction of sp³-hybridized carbons (Fsp3) is 0.500. The highest BCUT2D eigenvalue weighted by molar-refractivity contribution is 5.82. The largest absolute Gasteiger partial charge is 0.378 e. The Hall–Kier alpha value is -1.45. The molecular formula is C18H24N2O. The van der Waals surface area contributed by atoms with Crippen LogP contribution in [0.15, 0.2) is 30.3 Å². The van der Waals surface area contributed by atoms with Gasteiger partial charge in [0.1, 0.15) is 0 Å². The smallest absolute Gasteiger partial charge is 0.0708 e. The van der Waals surface area contributed by atoms with E-state index in [9.17, 15) is 0 Å². The molecule has 0 saturated carbocycles.